The van der Waals surface area contributed by atoms with Gasteiger partial charge < -0.3 is 15.2 Å². The Morgan fingerprint density at radius 1 is 1.04 bits per heavy atom. The molecule has 2 aromatic carbocycles. The van der Waals surface area contributed by atoms with Gasteiger partial charge in [0.15, 0.2) is 0 Å². The minimum Gasteiger partial charge on any atom is -0.550 e. The molecule has 0 aromatic heterocycles. The van der Waals surface area contributed by atoms with Crippen LogP contribution < -0.4 is 10.4 Å². The van der Waals surface area contributed by atoms with E-state index in [4.69, 9.17) is 0 Å². The maximum Gasteiger partial charge on any atom is 0.269 e. The fourth-order valence-electron chi connectivity index (χ4n) is 2.24. The number of hydrogen-bond acceptors (Lipinski definition) is 5. The maximum absolute atomic E-state index is 12.0. The molecule has 0 aliphatic heterocycles. The van der Waals surface area contributed by atoms with Crippen LogP contribution in [0.5, 0.6) is 0 Å². The molecule has 0 saturated heterocycles. The lowest BCUT2D eigenvalue weighted by atomic mass is 9.96. The molecule has 0 radical (unpaired) electrons. The van der Waals surface area contributed by atoms with Gasteiger partial charge >= 0.3 is 0 Å². The summed E-state index contributed by atoms with van der Waals surface area (Å²) in [6.45, 7) is 0. The van der Waals surface area contributed by atoms with Crippen molar-refractivity contribution < 1.29 is 19.6 Å². The van der Waals surface area contributed by atoms with Crippen LogP contribution in [0.15, 0.2) is 54.6 Å². The van der Waals surface area contributed by atoms with Gasteiger partial charge in [-0.3, -0.25) is 14.9 Å². The molecule has 0 heterocycles. The summed E-state index contributed by atoms with van der Waals surface area (Å²) in [5.74, 6) is -2.74. The number of anilines is 1. The van der Waals surface area contributed by atoms with E-state index in [0.29, 0.717) is 5.69 Å². The Morgan fingerprint density at radius 2 is 1.67 bits per heavy atom. The Bertz CT molecular complexity index is 728. The third-order valence-electron chi connectivity index (χ3n) is 3.45. The van der Waals surface area contributed by atoms with Gasteiger partial charge in [0, 0.05) is 36.1 Å². The second kappa shape index (κ2) is 7.87. The van der Waals surface area contributed by atoms with Gasteiger partial charge in [-0.2, -0.15) is 0 Å². The number of amides is 1. The summed E-state index contributed by atoms with van der Waals surface area (Å²) < 4.78 is 0. The summed E-state index contributed by atoms with van der Waals surface area (Å²) in [6.07, 6.45) is -0.0505. The number of carboxylic acids is 1. The molecule has 1 N–H and O–H groups in total. The molecular weight excluding hydrogens is 312 g/mol. The van der Waals surface area contributed by atoms with Gasteiger partial charge in [0.1, 0.15) is 0 Å². The molecule has 0 unspecified atom stereocenters. The van der Waals surface area contributed by atoms with Gasteiger partial charge in [0.25, 0.3) is 5.69 Å². The summed E-state index contributed by atoms with van der Waals surface area (Å²) >= 11 is 0. The number of nitro groups is 1. The van der Waals surface area contributed by atoms with E-state index in [-0.39, 0.29) is 18.5 Å². The number of nitrogens with one attached hydrogen (secondary N) is 1. The molecule has 0 fully saturated rings. The Kier molecular flexibility index (Phi) is 5.62. The maximum atomic E-state index is 12.0. The van der Waals surface area contributed by atoms with Gasteiger partial charge in [0.2, 0.25) is 5.91 Å². The highest BCUT2D eigenvalue weighted by Gasteiger charge is 2.16. The van der Waals surface area contributed by atoms with Crippen molar-refractivity contribution in [1.82, 2.24) is 0 Å². The molecule has 1 amide bonds. The highest BCUT2D eigenvalue weighted by Crippen LogP contribution is 2.17. The molecule has 0 bridgehead atoms. The third-order valence-corrected chi connectivity index (χ3v) is 3.45. The van der Waals surface area contributed by atoms with Crippen LogP contribution in [-0.2, 0) is 16.0 Å². The lowest BCUT2D eigenvalue weighted by molar-refractivity contribution is -0.384. The van der Waals surface area contributed by atoms with Crippen molar-refractivity contribution in [2.75, 3.05) is 5.32 Å². The number of carboxylic acid groups (broad SMARTS) is 1. The minimum absolute atomic E-state index is 0.0929. The van der Waals surface area contributed by atoms with Gasteiger partial charge in [-0.15, -0.1) is 0 Å². The molecule has 0 saturated carbocycles. The first-order valence-electron chi connectivity index (χ1n) is 7.25. The Labute approximate surface area is 138 Å². The Hall–Kier alpha value is -3.22. The Morgan fingerprint density at radius 3 is 2.21 bits per heavy atom. The number of non-ortho nitro benzene ring substituents is 1. The van der Waals surface area contributed by atoms with E-state index in [9.17, 15) is 24.8 Å². The Balaban J connectivity index is 1.97. The predicted octanol–water partition coefficient (Wildman–Crippen LogP) is 1.53. The summed E-state index contributed by atoms with van der Waals surface area (Å²) in [5, 5.41) is 24.3. The summed E-state index contributed by atoms with van der Waals surface area (Å²) in [7, 11) is 0. The van der Waals surface area contributed by atoms with E-state index in [1.807, 2.05) is 6.07 Å². The number of carbonyl (C=O) groups is 2. The number of nitrogens with zero attached hydrogens (tertiary/aromatic N) is 1. The monoisotopic (exact) mass is 327 g/mol. The SMILES string of the molecule is O=C(C[C@@H](Cc1ccccc1)C(=O)[O-])Nc1ccc([N+](=O)[O-])cc1. The number of hydrogen-bond donors (Lipinski definition) is 1. The first-order chi connectivity index (χ1) is 11.5. The lowest BCUT2D eigenvalue weighted by Gasteiger charge is -2.17. The average Bonchev–Trinajstić information content (AvgIpc) is 2.55. The van der Waals surface area contributed by atoms with E-state index >= 15 is 0 Å². The first kappa shape index (κ1) is 17.1. The number of rotatable bonds is 7. The van der Waals surface area contributed by atoms with Gasteiger partial charge in [-0.1, -0.05) is 30.3 Å². The van der Waals surface area contributed by atoms with Crippen molar-refractivity contribution in [3.05, 3.63) is 70.3 Å². The summed E-state index contributed by atoms with van der Waals surface area (Å²) in [4.78, 5) is 33.3. The van der Waals surface area contributed by atoms with Crippen LogP contribution in [-0.4, -0.2) is 16.8 Å². The number of aliphatic carboxylic acids is 1. The molecule has 124 valence electrons. The molecule has 2 aromatic rings. The van der Waals surface area contributed by atoms with Crippen molar-refractivity contribution in [1.29, 1.82) is 0 Å². The van der Waals surface area contributed by atoms with E-state index in [1.165, 1.54) is 24.3 Å². The average molecular weight is 327 g/mol. The predicted molar refractivity (Wildman–Crippen MR) is 85.0 cm³/mol. The second-order valence-electron chi connectivity index (χ2n) is 5.26. The molecule has 7 heteroatoms. The molecule has 7 nitrogen and oxygen atoms in total. The second-order valence-corrected chi connectivity index (χ2v) is 5.26. The van der Waals surface area contributed by atoms with E-state index in [2.05, 4.69) is 5.32 Å². The van der Waals surface area contributed by atoms with Crippen LogP contribution in [0.4, 0.5) is 11.4 Å². The zero-order valence-corrected chi connectivity index (χ0v) is 12.7. The normalized spacial score (nSPS) is 11.5. The van der Waals surface area contributed by atoms with Crippen LogP contribution in [0.1, 0.15) is 12.0 Å². The van der Waals surface area contributed by atoms with Gasteiger partial charge in [-0.25, -0.2) is 0 Å². The lowest BCUT2D eigenvalue weighted by Crippen LogP contribution is -2.35. The highest BCUT2D eigenvalue weighted by atomic mass is 16.6. The molecule has 0 spiro atoms. The largest absolute Gasteiger partial charge is 0.550 e. The standard InChI is InChI=1S/C17H16N2O5/c20-16(18-14-6-8-15(9-7-14)19(23)24)11-13(17(21)22)10-12-4-2-1-3-5-12/h1-9,13H,10-11H2,(H,18,20)(H,21,22)/p-1/t13-/m1/s1. The van der Waals surface area contributed by atoms with Crippen LogP contribution >= 0.6 is 0 Å². The highest BCUT2D eigenvalue weighted by molar-refractivity contribution is 5.93. The molecule has 0 aliphatic carbocycles. The quantitative estimate of drug-likeness (QED) is 0.612. The molecule has 24 heavy (non-hydrogen) atoms. The van der Waals surface area contributed by atoms with E-state index < -0.39 is 22.7 Å². The van der Waals surface area contributed by atoms with Crippen molar-refractivity contribution >= 4 is 23.3 Å². The summed E-state index contributed by atoms with van der Waals surface area (Å²) in [5.41, 5.74) is 1.07. The third kappa shape index (κ3) is 4.91. The zero-order chi connectivity index (χ0) is 17.5. The number of nitro benzene ring substituents is 1. The molecule has 0 aliphatic rings. The molecular formula is C17H15N2O5-. The van der Waals surface area contributed by atoms with Crippen LogP contribution in [0.25, 0.3) is 0 Å². The fraction of sp³-hybridized carbons (Fsp3) is 0.176. The number of benzene rings is 2. The van der Waals surface area contributed by atoms with Crippen molar-refractivity contribution in [3.8, 4) is 0 Å². The topological polar surface area (TPSA) is 112 Å². The van der Waals surface area contributed by atoms with Crippen LogP contribution in [0, 0.1) is 16.0 Å². The fourth-order valence-corrected chi connectivity index (χ4v) is 2.24. The summed E-state index contributed by atoms with van der Waals surface area (Å²) in [6, 6.07) is 14.3. The van der Waals surface area contributed by atoms with E-state index in [1.54, 1.807) is 24.3 Å². The first-order valence-corrected chi connectivity index (χ1v) is 7.25. The van der Waals surface area contributed by atoms with Gasteiger partial charge in [0.05, 0.1) is 4.92 Å². The molecule has 1 atom stereocenters. The van der Waals surface area contributed by atoms with Crippen molar-refractivity contribution in [2.45, 2.75) is 12.8 Å². The minimum atomic E-state index is -1.29. The number of carbonyl (C=O) groups excluding carboxylic acids is 2. The molecule has 2 rings (SSSR count). The van der Waals surface area contributed by atoms with Crippen molar-refractivity contribution in [2.24, 2.45) is 5.92 Å². The van der Waals surface area contributed by atoms with Crippen molar-refractivity contribution in [3.63, 3.8) is 0 Å². The van der Waals surface area contributed by atoms with Crippen LogP contribution in [0.2, 0.25) is 0 Å². The zero-order valence-electron chi connectivity index (χ0n) is 12.7. The van der Waals surface area contributed by atoms with E-state index in [0.717, 1.165) is 5.56 Å². The van der Waals surface area contributed by atoms with Crippen LogP contribution in [0.3, 0.4) is 0 Å². The smallest absolute Gasteiger partial charge is 0.269 e. The van der Waals surface area contributed by atoms with Gasteiger partial charge in [-0.05, 0) is 24.1 Å².